The maximum Gasteiger partial charge on any atom is 0.129 e. The Balaban J connectivity index is 3.07. The molecule has 0 fully saturated rings. The minimum absolute atomic E-state index is 0.212. The number of ketones is 1. The lowest BCUT2D eigenvalue weighted by molar-refractivity contribution is -0.117. The molecule has 0 radical (unpaired) electrons. The van der Waals surface area contributed by atoms with Crippen LogP contribution in [0.4, 0.5) is 0 Å². The molecule has 0 aliphatic carbocycles. The molecule has 64 valence electrons. The zero-order valence-electron chi connectivity index (χ0n) is 7.05. The van der Waals surface area contributed by atoms with Gasteiger partial charge in [-0.2, -0.15) is 0 Å². The number of aliphatic hydroxyl groups excluding tert-OH is 1. The fraction of sp³-hybridized carbons (Fsp3) is 0.667. The van der Waals surface area contributed by atoms with Gasteiger partial charge in [0.2, 0.25) is 0 Å². The van der Waals surface area contributed by atoms with Gasteiger partial charge < -0.3 is 9.90 Å². The highest BCUT2D eigenvalue weighted by Crippen LogP contribution is 1.97. The van der Waals surface area contributed by atoms with E-state index in [1.165, 1.54) is 0 Å². The van der Waals surface area contributed by atoms with E-state index in [0.717, 1.165) is 19.3 Å². The van der Waals surface area contributed by atoms with Crippen molar-refractivity contribution in [2.24, 2.45) is 0 Å². The lowest BCUT2D eigenvalue weighted by Gasteiger charge is -1.90. The smallest absolute Gasteiger partial charge is 0.129 e. The van der Waals surface area contributed by atoms with Crippen molar-refractivity contribution in [3.63, 3.8) is 0 Å². The van der Waals surface area contributed by atoms with Crippen LogP contribution in [-0.2, 0) is 4.79 Å². The minimum Gasteiger partial charge on any atom is -0.396 e. The molecular weight excluding hydrogens is 140 g/mol. The van der Waals surface area contributed by atoms with Gasteiger partial charge in [0, 0.05) is 13.0 Å². The number of hydrogen-bond donors (Lipinski definition) is 1. The molecule has 0 bridgehead atoms. The van der Waals surface area contributed by atoms with Gasteiger partial charge in [-0.15, -0.1) is 0 Å². The molecule has 0 aliphatic heterocycles. The highest BCUT2D eigenvalue weighted by molar-refractivity contribution is 5.75. The van der Waals surface area contributed by atoms with Crippen LogP contribution in [0.2, 0.25) is 0 Å². The van der Waals surface area contributed by atoms with Crippen LogP contribution < -0.4 is 0 Å². The van der Waals surface area contributed by atoms with Crippen molar-refractivity contribution in [2.45, 2.75) is 32.6 Å². The van der Waals surface area contributed by atoms with Gasteiger partial charge in [0.05, 0.1) is 0 Å². The van der Waals surface area contributed by atoms with Crippen LogP contribution in [0.3, 0.4) is 0 Å². The second-order valence-corrected chi connectivity index (χ2v) is 2.58. The Labute approximate surface area is 67.9 Å². The second kappa shape index (κ2) is 7.48. The fourth-order valence-electron chi connectivity index (χ4n) is 0.779. The quantitative estimate of drug-likeness (QED) is 0.469. The molecule has 0 atom stereocenters. The zero-order valence-corrected chi connectivity index (χ0v) is 7.05. The summed E-state index contributed by atoms with van der Waals surface area (Å²) in [5.74, 6) is 0.251. The van der Waals surface area contributed by atoms with Crippen LogP contribution in [0, 0.1) is 0 Å². The minimum atomic E-state index is 0.212. The lowest BCUT2D eigenvalue weighted by Crippen LogP contribution is -1.87. The first-order valence-corrected chi connectivity index (χ1v) is 4.02. The Hall–Kier alpha value is -0.630. The fourth-order valence-corrected chi connectivity index (χ4v) is 0.779. The summed E-state index contributed by atoms with van der Waals surface area (Å²) in [4.78, 5) is 10.5. The second-order valence-electron chi connectivity index (χ2n) is 2.58. The highest BCUT2D eigenvalue weighted by Gasteiger charge is 1.89. The predicted molar refractivity (Wildman–Crippen MR) is 45.4 cm³/mol. The number of aliphatic hydroxyl groups is 1. The molecule has 0 amide bonds. The molecular formula is C9H16O2. The van der Waals surface area contributed by atoms with Crippen molar-refractivity contribution in [1.29, 1.82) is 0 Å². The summed E-state index contributed by atoms with van der Waals surface area (Å²) < 4.78 is 0. The van der Waals surface area contributed by atoms with Crippen molar-refractivity contribution in [1.82, 2.24) is 0 Å². The maximum atomic E-state index is 10.5. The van der Waals surface area contributed by atoms with E-state index in [1.807, 2.05) is 12.2 Å². The molecule has 2 heteroatoms. The van der Waals surface area contributed by atoms with Gasteiger partial charge in [-0.3, -0.25) is 0 Å². The molecule has 0 unspecified atom stereocenters. The van der Waals surface area contributed by atoms with Crippen molar-refractivity contribution >= 4 is 5.78 Å². The Morgan fingerprint density at radius 1 is 1.36 bits per heavy atom. The van der Waals surface area contributed by atoms with Crippen LogP contribution in [0.15, 0.2) is 12.2 Å². The van der Waals surface area contributed by atoms with Crippen molar-refractivity contribution in [3.05, 3.63) is 12.2 Å². The van der Waals surface area contributed by atoms with Gasteiger partial charge >= 0.3 is 0 Å². The standard InChI is InChI=1S/C9H16O2/c1-9(11)7-5-3-2-4-6-8-10/h2,4,10H,3,5-8H2,1H3/b4-2-. The average Bonchev–Trinajstić information content (AvgIpc) is 1.96. The number of Topliss-reactive ketones (excluding diaryl/α,β-unsaturated/α-hetero) is 1. The summed E-state index contributed by atoms with van der Waals surface area (Å²) >= 11 is 0. The highest BCUT2D eigenvalue weighted by atomic mass is 16.2. The first-order valence-electron chi connectivity index (χ1n) is 4.02. The molecule has 0 heterocycles. The van der Waals surface area contributed by atoms with E-state index in [1.54, 1.807) is 6.92 Å². The number of rotatable bonds is 6. The van der Waals surface area contributed by atoms with E-state index in [2.05, 4.69) is 0 Å². The molecule has 0 rings (SSSR count). The molecule has 0 spiro atoms. The Bertz CT molecular complexity index is 128. The summed E-state index contributed by atoms with van der Waals surface area (Å²) in [5, 5.41) is 8.41. The summed E-state index contributed by atoms with van der Waals surface area (Å²) in [7, 11) is 0. The number of carbonyl (C=O) groups excluding carboxylic acids is 1. The van der Waals surface area contributed by atoms with E-state index in [0.29, 0.717) is 6.42 Å². The van der Waals surface area contributed by atoms with E-state index in [-0.39, 0.29) is 12.4 Å². The van der Waals surface area contributed by atoms with Gasteiger partial charge in [-0.1, -0.05) is 12.2 Å². The number of unbranched alkanes of at least 4 members (excludes halogenated alkanes) is 1. The van der Waals surface area contributed by atoms with Crippen LogP contribution >= 0.6 is 0 Å². The van der Waals surface area contributed by atoms with Gasteiger partial charge in [0.15, 0.2) is 0 Å². The Morgan fingerprint density at radius 2 is 2.00 bits per heavy atom. The monoisotopic (exact) mass is 156 g/mol. The summed E-state index contributed by atoms with van der Waals surface area (Å²) in [5.41, 5.74) is 0. The first kappa shape index (κ1) is 10.4. The first-order chi connectivity index (χ1) is 5.27. The van der Waals surface area contributed by atoms with Crippen molar-refractivity contribution < 1.29 is 9.90 Å². The number of carbonyl (C=O) groups is 1. The van der Waals surface area contributed by atoms with Crippen molar-refractivity contribution in [2.75, 3.05) is 6.61 Å². The summed E-state index contributed by atoms with van der Waals surface area (Å²) in [6.07, 6.45) is 7.22. The molecule has 2 nitrogen and oxygen atoms in total. The average molecular weight is 156 g/mol. The number of allylic oxidation sites excluding steroid dienone is 1. The van der Waals surface area contributed by atoms with E-state index in [4.69, 9.17) is 5.11 Å². The molecule has 0 aromatic carbocycles. The molecule has 0 saturated heterocycles. The van der Waals surface area contributed by atoms with Crippen LogP contribution in [0.5, 0.6) is 0 Å². The van der Waals surface area contributed by atoms with E-state index >= 15 is 0 Å². The van der Waals surface area contributed by atoms with Gasteiger partial charge in [-0.05, 0) is 26.2 Å². The SMILES string of the molecule is CC(=O)CCC/C=C\CCO. The third-order valence-corrected chi connectivity index (χ3v) is 1.36. The maximum absolute atomic E-state index is 10.5. The Morgan fingerprint density at radius 3 is 2.55 bits per heavy atom. The summed E-state index contributed by atoms with van der Waals surface area (Å²) in [6, 6.07) is 0. The predicted octanol–water partition coefficient (Wildman–Crippen LogP) is 1.68. The topological polar surface area (TPSA) is 37.3 Å². The van der Waals surface area contributed by atoms with E-state index in [9.17, 15) is 4.79 Å². The van der Waals surface area contributed by atoms with Crippen LogP contribution in [0.1, 0.15) is 32.6 Å². The van der Waals surface area contributed by atoms with Gasteiger partial charge in [0.25, 0.3) is 0 Å². The molecule has 1 N–H and O–H groups in total. The molecule has 11 heavy (non-hydrogen) atoms. The summed E-state index contributed by atoms with van der Waals surface area (Å²) in [6.45, 7) is 1.82. The third kappa shape index (κ3) is 9.37. The molecule has 0 aromatic heterocycles. The molecule has 0 aliphatic rings. The van der Waals surface area contributed by atoms with Crippen LogP contribution in [0.25, 0.3) is 0 Å². The zero-order chi connectivity index (χ0) is 8.53. The van der Waals surface area contributed by atoms with Crippen LogP contribution in [-0.4, -0.2) is 17.5 Å². The van der Waals surface area contributed by atoms with E-state index < -0.39 is 0 Å². The Kier molecular flexibility index (Phi) is 7.05. The lowest BCUT2D eigenvalue weighted by atomic mass is 10.2. The largest absolute Gasteiger partial charge is 0.396 e. The molecule has 0 saturated carbocycles. The van der Waals surface area contributed by atoms with Crippen molar-refractivity contribution in [3.8, 4) is 0 Å². The normalized spacial score (nSPS) is 10.7. The van der Waals surface area contributed by atoms with Gasteiger partial charge in [0.1, 0.15) is 5.78 Å². The van der Waals surface area contributed by atoms with Gasteiger partial charge in [-0.25, -0.2) is 0 Å². The third-order valence-electron chi connectivity index (χ3n) is 1.36. The molecule has 0 aromatic rings. The number of hydrogen-bond acceptors (Lipinski definition) is 2.